The van der Waals surface area contributed by atoms with Crippen LogP contribution in [0.15, 0.2) is 5.16 Å². The molecule has 1 atom stereocenters. The van der Waals surface area contributed by atoms with Gasteiger partial charge >= 0.3 is 6.09 Å². The maximum Gasteiger partial charge on any atom is 0.407 e. The minimum absolute atomic E-state index is 0.137. The van der Waals surface area contributed by atoms with E-state index in [0.717, 1.165) is 23.4 Å². The average Bonchev–Trinajstić information content (AvgIpc) is 3.06. The maximum absolute atomic E-state index is 12.6. The van der Waals surface area contributed by atoms with Crippen molar-refractivity contribution in [1.82, 2.24) is 30.2 Å². The predicted molar refractivity (Wildman–Crippen MR) is 112 cm³/mol. The van der Waals surface area contributed by atoms with Gasteiger partial charge < -0.3 is 15.4 Å². The van der Waals surface area contributed by atoms with E-state index in [4.69, 9.17) is 4.74 Å². The molecule has 0 bridgehead atoms. The van der Waals surface area contributed by atoms with Crippen molar-refractivity contribution in [2.75, 3.05) is 19.4 Å². The number of aryl methyl sites for hydroxylation is 2. The highest BCUT2D eigenvalue weighted by Gasteiger charge is 2.18. The van der Waals surface area contributed by atoms with Crippen LogP contribution in [0.5, 0.6) is 0 Å². The largest absolute Gasteiger partial charge is 0.450 e. The fourth-order valence-electron chi connectivity index (χ4n) is 3.09. The Morgan fingerprint density at radius 2 is 1.97 bits per heavy atom. The number of amides is 2. The van der Waals surface area contributed by atoms with E-state index in [1.54, 1.807) is 11.4 Å². The molecule has 2 amide bonds. The van der Waals surface area contributed by atoms with Gasteiger partial charge in [-0.15, -0.1) is 5.10 Å². The number of thioether (sulfide) groups is 1. The van der Waals surface area contributed by atoms with E-state index in [2.05, 4.69) is 39.5 Å². The van der Waals surface area contributed by atoms with Crippen LogP contribution >= 0.6 is 11.8 Å². The summed E-state index contributed by atoms with van der Waals surface area (Å²) >= 11 is 1.45. The topological polar surface area (TPSA) is 111 Å². The average molecular weight is 423 g/mol. The highest BCUT2D eigenvalue weighted by molar-refractivity contribution is 7.98. The molecule has 0 aliphatic rings. The molecule has 0 aromatic carbocycles. The summed E-state index contributed by atoms with van der Waals surface area (Å²) < 4.78 is 6.62. The third-order valence-electron chi connectivity index (χ3n) is 4.45. The van der Waals surface area contributed by atoms with Crippen LogP contribution in [0.2, 0.25) is 0 Å². The minimum atomic E-state index is -0.468. The second kappa shape index (κ2) is 10.4. The molecule has 2 heterocycles. The van der Waals surface area contributed by atoms with Gasteiger partial charge in [0.25, 0.3) is 5.78 Å². The molecule has 2 aromatic heterocycles. The van der Waals surface area contributed by atoms with Crippen LogP contribution in [-0.2, 0) is 16.0 Å². The molecule has 29 heavy (non-hydrogen) atoms. The van der Waals surface area contributed by atoms with Crippen molar-refractivity contribution in [3.63, 3.8) is 0 Å². The Bertz CT molecular complexity index is 867. The van der Waals surface area contributed by atoms with Crippen LogP contribution in [0, 0.1) is 19.8 Å². The standard InChI is InChI=1S/C19H30N6O3S/c1-7-28-19(27)22-14(8-11(2)3)10-20-16(26)9-15-12(4)21-17-23-18(29-6)24-25(17)13(15)5/h11,14H,7-10H2,1-6H3,(H,20,26)(H,22,27). The van der Waals surface area contributed by atoms with Gasteiger partial charge in [-0.1, -0.05) is 25.6 Å². The maximum atomic E-state index is 12.6. The van der Waals surface area contributed by atoms with E-state index in [0.29, 0.717) is 30.0 Å². The first-order valence-electron chi connectivity index (χ1n) is 9.71. The number of alkyl carbamates (subject to hydrolysis) is 1. The molecule has 10 heteroatoms. The van der Waals surface area contributed by atoms with E-state index in [1.165, 1.54) is 11.8 Å². The molecule has 2 aromatic rings. The quantitative estimate of drug-likeness (QED) is 0.597. The number of ether oxygens (including phenoxy) is 1. The first kappa shape index (κ1) is 22.9. The fourth-order valence-corrected chi connectivity index (χ4v) is 3.43. The molecule has 0 saturated heterocycles. The Balaban J connectivity index is 2.06. The molecule has 0 radical (unpaired) electrons. The molecule has 2 rings (SSSR count). The minimum Gasteiger partial charge on any atom is -0.450 e. The van der Waals surface area contributed by atoms with Gasteiger partial charge in [0.1, 0.15) is 0 Å². The number of nitrogens with zero attached hydrogens (tertiary/aromatic N) is 4. The van der Waals surface area contributed by atoms with Crippen LogP contribution in [0.4, 0.5) is 4.79 Å². The number of carbonyl (C=O) groups excluding carboxylic acids is 2. The molecule has 1 unspecified atom stereocenters. The molecular weight excluding hydrogens is 392 g/mol. The van der Waals surface area contributed by atoms with Crippen molar-refractivity contribution >= 4 is 29.5 Å². The zero-order valence-electron chi connectivity index (χ0n) is 17.9. The summed E-state index contributed by atoms with van der Waals surface area (Å²) in [6.07, 6.45) is 2.36. The van der Waals surface area contributed by atoms with Crippen LogP contribution in [0.25, 0.3) is 5.78 Å². The van der Waals surface area contributed by atoms with Crippen molar-refractivity contribution in [3.8, 4) is 0 Å². The number of rotatable bonds is 9. The lowest BCUT2D eigenvalue weighted by atomic mass is 10.0. The van der Waals surface area contributed by atoms with Crippen molar-refractivity contribution in [3.05, 3.63) is 17.0 Å². The number of aromatic nitrogens is 4. The fraction of sp³-hybridized carbons (Fsp3) is 0.632. The summed E-state index contributed by atoms with van der Waals surface area (Å²) in [4.78, 5) is 33.2. The van der Waals surface area contributed by atoms with Gasteiger partial charge in [-0.3, -0.25) is 4.79 Å². The molecule has 160 valence electrons. The van der Waals surface area contributed by atoms with Gasteiger partial charge in [0.05, 0.1) is 13.0 Å². The lowest BCUT2D eigenvalue weighted by Gasteiger charge is -2.21. The third kappa shape index (κ3) is 6.31. The zero-order chi connectivity index (χ0) is 21.6. The summed E-state index contributed by atoms with van der Waals surface area (Å²) in [5, 5.41) is 10.8. The normalized spacial score (nSPS) is 12.2. The Kier molecular flexibility index (Phi) is 8.24. The Labute approximate surface area is 175 Å². The summed E-state index contributed by atoms with van der Waals surface area (Å²) in [7, 11) is 0. The number of fused-ring (bicyclic) bond motifs is 1. The van der Waals surface area contributed by atoms with E-state index in [9.17, 15) is 9.59 Å². The smallest absolute Gasteiger partial charge is 0.407 e. The number of carbonyl (C=O) groups is 2. The lowest BCUT2D eigenvalue weighted by Crippen LogP contribution is -2.45. The van der Waals surface area contributed by atoms with Gasteiger partial charge in [0, 0.05) is 29.5 Å². The SMILES string of the molecule is CCOC(=O)NC(CNC(=O)Cc1c(C)nc2nc(SC)nn2c1C)CC(C)C. The van der Waals surface area contributed by atoms with Gasteiger partial charge in [-0.05, 0) is 39.4 Å². The molecule has 9 nitrogen and oxygen atoms in total. The number of hydrogen-bond acceptors (Lipinski definition) is 7. The van der Waals surface area contributed by atoms with E-state index < -0.39 is 6.09 Å². The first-order chi connectivity index (χ1) is 13.7. The van der Waals surface area contributed by atoms with Crippen LogP contribution in [0.3, 0.4) is 0 Å². The highest BCUT2D eigenvalue weighted by atomic mass is 32.2. The summed E-state index contributed by atoms with van der Waals surface area (Å²) in [5.41, 5.74) is 2.43. The number of nitrogens with one attached hydrogen (secondary N) is 2. The predicted octanol–water partition coefficient (Wildman–Crippen LogP) is 2.28. The molecule has 0 fully saturated rings. The molecule has 0 aliphatic carbocycles. The van der Waals surface area contributed by atoms with Gasteiger partial charge in [0.15, 0.2) is 0 Å². The van der Waals surface area contributed by atoms with Gasteiger partial charge in [-0.25, -0.2) is 14.3 Å². The van der Waals surface area contributed by atoms with Crippen molar-refractivity contribution in [1.29, 1.82) is 0 Å². The van der Waals surface area contributed by atoms with Crippen LogP contribution in [0.1, 0.15) is 44.1 Å². The van der Waals surface area contributed by atoms with Crippen molar-refractivity contribution in [2.24, 2.45) is 5.92 Å². The molecule has 0 saturated carbocycles. The summed E-state index contributed by atoms with van der Waals surface area (Å²) in [6.45, 7) is 10.3. The molecule has 0 aliphatic heterocycles. The Morgan fingerprint density at radius 1 is 1.24 bits per heavy atom. The molecule has 0 spiro atoms. The lowest BCUT2D eigenvalue weighted by molar-refractivity contribution is -0.120. The second-order valence-corrected chi connectivity index (χ2v) is 8.02. The van der Waals surface area contributed by atoms with E-state index in [-0.39, 0.29) is 18.4 Å². The summed E-state index contributed by atoms with van der Waals surface area (Å²) in [5.74, 6) is 0.763. The monoisotopic (exact) mass is 422 g/mol. The highest BCUT2D eigenvalue weighted by Crippen LogP contribution is 2.17. The van der Waals surface area contributed by atoms with Crippen molar-refractivity contribution < 1.29 is 14.3 Å². The van der Waals surface area contributed by atoms with Crippen LogP contribution in [-0.4, -0.2) is 57.0 Å². The Hall–Kier alpha value is -2.36. The second-order valence-electron chi connectivity index (χ2n) is 7.24. The zero-order valence-corrected chi connectivity index (χ0v) is 18.7. The van der Waals surface area contributed by atoms with E-state index in [1.807, 2.05) is 20.1 Å². The van der Waals surface area contributed by atoms with E-state index >= 15 is 0 Å². The molecular formula is C19H30N6O3S. The summed E-state index contributed by atoms with van der Waals surface area (Å²) in [6, 6.07) is -0.194. The van der Waals surface area contributed by atoms with Gasteiger partial charge in [-0.2, -0.15) is 4.98 Å². The van der Waals surface area contributed by atoms with Gasteiger partial charge in [0.2, 0.25) is 11.1 Å². The van der Waals surface area contributed by atoms with Crippen LogP contribution < -0.4 is 10.6 Å². The third-order valence-corrected chi connectivity index (χ3v) is 4.99. The Morgan fingerprint density at radius 3 is 2.59 bits per heavy atom. The number of hydrogen-bond donors (Lipinski definition) is 2. The first-order valence-corrected chi connectivity index (χ1v) is 10.9. The molecule has 2 N–H and O–H groups in total. The van der Waals surface area contributed by atoms with Crippen molar-refractivity contribution in [2.45, 2.75) is 58.7 Å².